The number of ketones is 1. The van der Waals surface area contributed by atoms with Gasteiger partial charge in [0.2, 0.25) is 0 Å². The summed E-state index contributed by atoms with van der Waals surface area (Å²) in [7, 11) is 4.07. The van der Waals surface area contributed by atoms with Gasteiger partial charge in [0.1, 0.15) is 5.69 Å². The lowest BCUT2D eigenvalue weighted by molar-refractivity contribution is 0.0895. The summed E-state index contributed by atoms with van der Waals surface area (Å²) in [6.45, 7) is 1.64. The minimum Gasteiger partial charge on any atom is -0.308 e. The third kappa shape index (κ3) is 3.92. The zero-order chi connectivity index (χ0) is 14.5. The third-order valence-electron chi connectivity index (χ3n) is 4.01. The number of hydrogen-bond donors (Lipinski definition) is 0. The van der Waals surface area contributed by atoms with Crippen LogP contribution < -0.4 is 0 Å². The number of halogens is 1. The van der Waals surface area contributed by atoms with Crippen molar-refractivity contribution in [1.29, 1.82) is 0 Å². The molecule has 1 aliphatic carbocycles. The van der Waals surface area contributed by atoms with Crippen LogP contribution in [0.2, 0.25) is 0 Å². The fourth-order valence-electron chi connectivity index (χ4n) is 2.81. The second-order valence-electron chi connectivity index (χ2n) is 5.92. The first-order valence-corrected chi connectivity index (χ1v) is 8.29. The molecule has 1 aromatic rings. The Morgan fingerprint density at radius 3 is 2.60 bits per heavy atom. The van der Waals surface area contributed by atoms with E-state index >= 15 is 0 Å². The molecule has 5 heteroatoms. The van der Waals surface area contributed by atoms with E-state index in [0.717, 1.165) is 36.1 Å². The zero-order valence-electron chi connectivity index (χ0n) is 12.4. The molecule has 0 spiro atoms. The molecule has 1 heterocycles. The molecule has 4 nitrogen and oxygen atoms in total. The van der Waals surface area contributed by atoms with Gasteiger partial charge < -0.3 is 4.90 Å². The van der Waals surface area contributed by atoms with Crippen molar-refractivity contribution in [3.8, 4) is 0 Å². The fourth-order valence-corrected chi connectivity index (χ4v) is 3.30. The molecule has 0 aromatic carbocycles. The second-order valence-corrected chi connectivity index (χ2v) is 6.77. The molecular weight excluding hydrogens is 318 g/mol. The molecule has 0 aliphatic heterocycles. The Morgan fingerprint density at radius 1 is 1.35 bits per heavy atom. The lowest BCUT2D eigenvalue weighted by atomic mass is 9.93. The van der Waals surface area contributed by atoms with Crippen molar-refractivity contribution in [3.05, 3.63) is 16.4 Å². The Labute approximate surface area is 129 Å². The molecule has 1 fully saturated rings. The number of rotatable bonds is 5. The van der Waals surface area contributed by atoms with E-state index in [1.807, 2.05) is 18.8 Å². The van der Waals surface area contributed by atoms with Crippen molar-refractivity contribution in [2.75, 3.05) is 20.6 Å². The minimum atomic E-state index is 0.184. The van der Waals surface area contributed by atoms with Gasteiger partial charge in [0.15, 0.2) is 5.78 Å². The Morgan fingerprint density at radius 2 is 2.00 bits per heavy atom. The summed E-state index contributed by atoms with van der Waals surface area (Å²) in [4.78, 5) is 14.9. The highest BCUT2D eigenvalue weighted by atomic mass is 79.9. The molecule has 1 aromatic heterocycles. The van der Waals surface area contributed by atoms with Gasteiger partial charge in [-0.25, -0.2) is 0 Å². The Hall–Kier alpha value is -0.680. The van der Waals surface area contributed by atoms with Crippen molar-refractivity contribution in [2.45, 2.75) is 45.1 Å². The van der Waals surface area contributed by atoms with E-state index in [1.54, 1.807) is 6.20 Å². The minimum absolute atomic E-state index is 0.184. The van der Waals surface area contributed by atoms with Crippen LogP contribution in [0.5, 0.6) is 0 Å². The van der Waals surface area contributed by atoms with Gasteiger partial charge in [0, 0.05) is 12.5 Å². The summed E-state index contributed by atoms with van der Waals surface area (Å²) < 4.78 is 2.70. The second kappa shape index (κ2) is 7.36. The number of carbonyl (C=O) groups is 1. The topological polar surface area (TPSA) is 38.1 Å². The molecule has 0 N–H and O–H groups in total. The summed E-state index contributed by atoms with van der Waals surface area (Å²) in [5, 5.41) is 4.35. The van der Waals surface area contributed by atoms with E-state index in [-0.39, 0.29) is 11.7 Å². The van der Waals surface area contributed by atoms with Gasteiger partial charge in [-0.15, -0.1) is 0 Å². The summed E-state index contributed by atoms with van der Waals surface area (Å²) in [6.07, 6.45) is 8.71. The molecule has 1 aliphatic rings. The number of hydrogen-bond acceptors (Lipinski definition) is 3. The van der Waals surface area contributed by atoms with Crippen molar-refractivity contribution in [3.63, 3.8) is 0 Å². The predicted octanol–water partition coefficient (Wildman–Crippen LogP) is 3.36. The zero-order valence-corrected chi connectivity index (χ0v) is 14.0. The van der Waals surface area contributed by atoms with Gasteiger partial charge in [-0.2, -0.15) is 5.10 Å². The maximum atomic E-state index is 12.8. The van der Waals surface area contributed by atoms with E-state index in [0.29, 0.717) is 0 Å². The number of nitrogens with zero attached hydrogens (tertiary/aromatic N) is 3. The van der Waals surface area contributed by atoms with Crippen LogP contribution in [0, 0.1) is 5.92 Å². The average Bonchev–Trinajstić information content (AvgIpc) is 2.64. The van der Waals surface area contributed by atoms with Crippen molar-refractivity contribution < 1.29 is 4.79 Å². The van der Waals surface area contributed by atoms with Gasteiger partial charge in [0.25, 0.3) is 0 Å². The number of carbonyl (C=O) groups excluding carboxylic acids is 1. The normalized spacial score (nSPS) is 17.4. The highest BCUT2D eigenvalue weighted by Crippen LogP contribution is 2.28. The maximum Gasteiger partial charge on any atom is 0.185 e. The Bertz CT molecular complexity index is 448. The van der Waals surface area contributed by atoms with Crippen LogP contribution in [0.3, 0.4) is 0 Å². The SMILES string of the molecule is CN(C)CCn1ncc(Br)c1C(=O)C1CCCCCC1. The molecule has 1 saturated carbocycles. The number of likely N-dealkylation sites (N-methyl/N-ethyl adjacent to an activating group) is 1. The molecule has 0 amide bonds. The van der Waals surface area contributed by atoms with E-state index < -0.39 is 0 Å². The van der Waals surface area contributed by atoms with Gasteiger partial charge >= 0.3 is 0 Å². The molecule has 0 saturated heterocycles. The molecule has 112 valence electrons. The maximum absolute atomic E-state index is 12.8. The fraction of sp³-hybridized carbons (Fsp3) is 0.733. The molecule has 2 rings (SSSR count). The highest BCUT2D eigenvalue weighted by Gasteiger charge is 2.26. The molecule has 0 radical (unpaired) electrons. The van der Waals surface area contributed by atoms with Crippen molar-refractivity contribution in [1.82, 2.24) is 14.7 Å². The van der Waals surface area contributed by atoms with Crippen molar-refractivity contribution >= 4 is 21.7 Å². The largest absolute Gasteiger partial charge is 0.308 e. The molecule has 0 atom stereocenters. The van der Waals surface area contributed by atoms with Crippen LogP contribution in [-0.2, 0) is 6.54 Å². The van der Waals surface area contributed by atoms with Gasteiger partial charge in [-0.1, -0.05) is 25.7 Å². The van der Waals surface area contributed by atoms with E-state index in [4.69, 9.17) is 0 Å². The van der Waals surface area contributed by atoms with E-state index in [1.165, 1.54) is 25.7 Å². The predicted molar refractivity (Wildman–Crippen MR) is 84.0 cm³/mol. The van der Waals surface area contributed by atoms with Gasteiger partial charge in [-0.05, 0) is 42.9 Å². The van der Waals surface area contributed by atoms with Gasteiger partial charge in [0.05, 0.1) is 17.2 Å². The first kappa shape index (κ1) is 15.7. The van der Waals surface area contributed by atoms with Crippen LogP contribution in [0.15, 0.2) is 10.7 Å². The summed E-state index contributed by atoms with van der Waals surface area (Å²) in [5.74, 6) is 0.457. The molecule has 0 bridgehead atoms. The van der Waals surface area contributed by atoms with Crippen LogP contribution >= 0.6 is 15.9 Å². The highest BCUT2D eigenvalue weighted by molar-refractivity contribution is 9.10. The first-order chi connectivity index (χ1) is 9.59. The quantitative estimate of drug-likeness (QED) is 0.608. The monoisotopic (exact) mass is 341 g/mol. The van der Waals surface area contributed by atoms with Crippen LogP contribution in [-0.4, -0.2) is 41.1 Å². The molecule has 20 heavy (non-hydrogen) atoms. The lowest BCUT2D eigenvalue weighted by Crippen LogP contribution is -2.24. The average molecular weight is 342 g/mol. The standard InChI is InChI=1S/C15H24BrN3O/c1-18(2)9-10-19-14(13(16)11-17-19)15(20)12-7-5-3-4-6-8-12/h11-12H,3-10H2,1-2H3. The van der Waals surface area contributed by atoms with Crippen LogP contribution in [0.25, 0.3) is 0 Å². The smallest absolute Gasteiger partial charge is 0.185 e. The Balaban J connectivity index is 2.13. The third-order valence-corrected chi connectivity index (χ3v) is 4.59. The summed E-state index contributed by atoms with van der Waals surface area (Å²) in [6, 6.07) is 0. The lowest BCUT2D eigenvalue weighted by Gasteiger charge is -2.16. The number of aromatic nitrogens is 2. The number of Topliss-reactive ketones (excluding diaryl/α,β-unsaturated/α-hetero) is 1. The molecule has 0 unspecified atom stereocenters. The summed E-state index contributed by atoms with van der Waals surface area (Å²) >= 11 is 3.49. The van der Waals surface area contributed by atoms with E-state index in [9.17, 15) is 4.79 Å². The van der Waals surface area contributed by atoms with Crippen LogP contribution in [0.4, 0.5) is 0 Å². The van der Waals surface area contributed by atoms with E-state index in [2.05, 4.69) is 25.9 Å². The first-order valence-electron chi connectivity index (χ1n) is 7.50. The van der Waals surface area contributed by atoms with Crippen LogP contribution in [0.1, 0.15) is 49.0 Å². The van der Waals surface area contributed by atoms with Gasteiger partial charge in [-0.3, -0.25) is 9.48 Å². The summed E-state index contributed by atoms with van der Waals surface area (Å²) in [5.41, 5.74) is 0.763. The Kier molecular flexibility index (Phi) is 5.78. The molecular formula is C15H24BrN3O. The van der Waals surface area contributed by atoms with Crippen molar-refractivity contribution in [2.24, 2.45) is 5.92 Å².